The number of nitrogens with one attached hydrogen (secondary N) is 1. The Hall–Kier alpha value is -2.93. The van der Waals surface area contributed by atoms with E-state index in [1.54, 1.807) is 24.5 Å². The van der Waals surface area contributed by atoms with Crippen LogP contribution in [0.1, 0.15) is 34.1 Å². The van der Waals surface area contributed by atoms with E-state index in [-0.39, 0.29) is 11.3 Å². The van der Waals surface area contributed by atoms with E-state index in [1.165, 1.54) is 4.90 Å². The molecule has 0 spiro atoms. The molecule has 7 heteroatoms. The van der Waals surface area contributed by atoms with Crippen LogP contribution in [-0.4, -0.2) is 63.7 Å². The molecule has 1 unspecified atom stereocenters. The molecule has 7 nitrogen and oxygen atoms in total. The van der Waals surface area contributed by atoms with Gasteiger partial charge in [0, 0.05) is 42.4 Å². The number of H-pyrrole nitrogens is 1. The lowest BCUT2D eigenvalue weighted by molar-refractivity contribution is -0.140. The molecule has 2 N–H and O–H groups in total. The number of likely N-dealkylation sites (N-methyl/N-ethyl adjacent to an activating group) is 1. The number of hydrogen-bond acceptors (Lipinski definition) is 5. The highest BCUT2D eigenvalue weighted by atomic mass is 16.3. The van der Waals surface area contributed by atoms with Crippen LogP contribution in [0.2, 0.25) is 0 Å². The SMILES string of the molecule is Cc1[nH]c(C)c(/C(O)=C2\C(=O)C(=O)N(CCN(C)C)C2c2ccncc2)c1C. The summed E-state index contributed by atoms with van der Waals surface area (Å²) in [5.74, 6) is -1.38. The zero-order valence-electron chi connectivity index (χ0n) is 16.9. The molecule has 28 heavy (non-hydrogen) atoms. The van der Waals surface area contributed by atoms with Gasteiger partial charge in [-0.25, -0.2) is 0 Å². The standard InChI is InChI=1S/C21H26N4O3/c1-12-13(2)23-14(3)16(12)19(26)17-18(15-6-8-22-9-7-15)25(11-10-24(4)5)21(28)20(17)27/h6-9,18,23,26H,10-11H2,1-5H3/b19-17+. The zero-order chi connectivity index (χ0) is 20.6. The molecule has 3 rings (SSSR count). The molecule has 2 aromatic rings. The normalized spacial score (nSPS) is 19.1. The largest absolute Gasteiger partial charge is 0.507 e. The molecule has 0 aliphatic carbocycles. The van der Waals surface area contributed by atoms with Gasteiger partial charge in [-0.3, -0.25) is 14.6 Å². The molecule has 1 fully saturated rings. The fraction of sp³-hybridized carbons (Fsp3) is 0.381. The smallest absolute Gasteiger partial charge is 0.295 e. The first-order valence-corrected chi connectivity index (χ1v) is 9.23. The van der Waals surface area contributed by atoms with E-state index >= 15 is 0 Å². The highest BCUT2D eigenvalue weighted by Gasteiger charge is 2.46. The van der Waals surface area contributed by atoms with Crippen LogP contribution in [-0.2, 0) is 9.59 Å². The average Bonchev–Trinajstić information content (AvgIpc) is 3.06. The zero-order valence-corrected chi connectivity index (χ0v) is 16.9. The highest BCUT2D eigenvalue weighted by Crippen LogP contribution is 2.40. The number of hydrogen-bond donors (Lipinski definition) is 2. The van der Waals surface area contributed by atoms with Gasteiger partial charge in [-0.05, 0) is 58.1 Å². The van der Waals surface area contributed by atoms with E-state index in [9.17, 15) is 14.7 Å². The van der Waals surface area contributed by atoms with Crippen molar-refractivity contribution in [1.82, 2.24) is 19.8 Å². The molecule has 1 aliphatic rings. The quantitative estimate of drug-likeness (QED) is 0.471. The Labute approximate surface area is 164 Å². The number of aromatic amines is 1. The third-order valence-corrected chi connectivity index (χ3v) is 5.27. The minimum Gasteiger partial charge on any atom is -0.507 e. The molecule has 0 aromatic carbocycles. The van der Waals surface area contributed by atoms with Crippen LogP contribution >= 0.6 is 0 Å². The molecule has 0 saturated carbocycles. The second-order valence-corrected chi connectivity index (χ2v) is 7.45. The van der Waals surface area contributed by atoms with Gasteiger partial charge in [0.15, 0.2) is 0 Å². The van der Waals surface area contributed by atoms with E-state index in [0.717, 1.165) is 22.5 Å². The topological polar surface area (TPSA) is 89.5 Å². The Morgan fingerprint density at radius 1 is 1.18 bits per heavy atom. The number of carbonyl (C=O) groups is 2. The number of amides is 1. The lowest BCUT2D eigenvalue weighted by Gasteiger charge is -2.26. The Morgan fingerprint density at radius 3 is 2.36 bits per heavy atom. The average molecular weight is 382 g/mol. The first kappa shape index (κ1) is 19.8. The summed E-state index contributed by atoms with van der Waals surface area (Å²) in [4.78, 5) is 36.5. The predicted molar refractivity (Wildman–Crippen MR) is 107 cm³/mol. The van der Waals surface area contributed by atoms with Gasteiger partial charge >= 0.3 is 0 Å². The van der Waals surface area contributed by atoms with Crippen LogP contribution in [0.4, 0.5) is 0 Å². The van der Waals surface area contributed by atoms with Crippen molar-refractivity contribution in [2.75, 3.05) is 27.2 Å². The summed E-state index contributed by atoms with van der Waals surface area (Å²) in [6, 6.07) is 2.90. The van der Waals surface area contributed by atoms with Gasteiger partial charge in [0.05, 0.1) is 11.6 Å². The maximum atomic E-state index is 12.9. The van der Waals surface area contributed by atoms with Gasteiger partial charge in [-0.1, -0.05) is 0 Å². The summed E-state index contributed by atoms with van der Waals surface area (Å²) in [5.41, 5.74) is 4.00. The number of aliphatic hydroxyl groups excluding tert-OH is 1. The number of aryl methyl sites for hydroxylation is 2. The molecular formula is C21H26N4O3. The summed E-state index contributed by atoms with van der Waals surface area (Å²) in [5, 5.41) is 11.1. The first-order chi connectivity index (χ1) is 13.2. The Bertz CT molecular complexity index is 944. The van der Waals surface area contributed by atoms with Crippen LogP contribution < -0.4 is 0 Å². The number of likely N-dealkylation sites (tertiary alicyclic amines) is 1. The number of Topliss-reactive ketones (excluding diaryl/α,β-unsaturated/α-hetero) is 1. The van der Waals surface area contributed by atoms with Crippen molar-refractivity contribution < 1.29 is 14.7 Å². The fourth-order valence-electron chi connectivity index (χ4n) is 3.71. The summed E-state index contributed by atoms with van der Waals surface area (Å²) < 4.78 is 0. The van der Waals surface area contributed by atoms with Gasteiger partial charge < -0.3 is 19.9 Å². The molecule has 0 bridgehead atoms. The van der Waals surface area contributed by atoms with E-state index in [0.29, 0.717) is 18.7 Å². The summed E-state index contributed by atoms with van der Waals surface area (Å²) in [6.07, 6.45) is 3.25. The minimum atomic E-state index is -0.657. The minimum absolute atomic E-state index is 0.125. The third kappa shape index (κ3) is 3.33. The van der Waals surface area contributed by atoms with Crippen LogP contribution in [0.15, 0.2) is 30.1 Å². The molecule has 0 radical (unpaired) electrons. The van der Waals surface area contributed by atoms with Gasteiger partial charge in [-0.15, -0.1) is 0 Å². The monoisotopic (exact) mass is 382 g/mol. The highest BCUT2D eigenvalue weighted by molar-refractivity contribution is 6.46. The van der Waals surface area contributed by atoms with Crippen molar-refractivity contribution in [2.45, 2.75) is 26.8 Å². The second-order valence-electron chi connectivity index (χ2n) is 7.45. The molecule has 1 atom stereocenters. The van der Waals surface area contributed by atoms with E-state index in [4.69, 9.17) is 0 Å². The third-order valence-electron chi connectivity index (χ3n) is 5.27. The van der Waals surface area contributed by atoms with Crippen molar-refractivity contribution in [1.29, 1.82) is 0 Å². The van der Waals surface area contributed by atoms with E-state index in [2.05, 4.69) is 9.97 Å². The van der Waals surface area contributed by atoms with Gasteiger partial charge in [0.1, 0.15) is 5.76 Å². The maximum Gasteiger partial charge on any atom is 0.295 e. The number of rotatable bonds is 5. The number of pyridine rings is 1. The fourth-order valence-corrected chi connectivity index (χ4v) is 3.71. The van der Waals surface area contributed by atoms with Gasteiger partial charge in [-0.2, -0.15) is 0 Å². The number of nitrogens with zero attached hydrogens (tertiary/aromatic N) is 3. The maximum absolute atomic E-state index is 12.9. The Balaban J connectivity index is 2.19. The van der Waals surface area contributed by atoms with E-state index < -0.39 is 17.7 Å². The lowest BCUT2D eigenvalue weighted by atomic mass is 9.94. The number of aromatic nitrogens is 2. The molecule has 1 saturated heterocycles. The molecule has 1 amide bonds. The van der Waals surface area contributed by atoms with Crippen molar-refractivity contribution in [3.63, 3.8) is 0 Å². The molecule has 2 aromatic heterocycles. The molecule has 148 valence electrons. The summed E-state index contributed by atoms with van der Waals surface area (Å²) in [7, 11) is 3.82. The van der Waals surface area contributed by atoms with Crippen LogP contribution in [0.25, 0.3) is 5.76 Å². The number of aliphatic hydroxyl groups is 1. The number of carbonyl (C=O) groups excluding carboxylic acids is 2. The van der Waals surface area contributed by atoms with Gasteiger partial charge in [0.2, 0.25) is 0 Å². The second kappa shape index (κ2) is 7.59. The van der Waals surface area contributed by atoms with Gasteiger partial charge in [0.25, 0.3) is 11.7 Å². The molecule has 1 aliphatic heterocycles. The molecular weight excluding hydrogens is 356 g/mol. The van der Waals surface area contributed by atoms with Crippen molar-refractivity contribution in [2.24, 2.45) is 0 Å². The Morgan fingerprint density at radius 2 is 1.82 bits per heavy atom. The van der Waals surface area contributed by atoms with Crippen LogP contribution in [0.3, 0.4) is 0 Å². The first-order valence-electron chi connectivity index (χ1n) is 9.23. The summed E-state index contributed by atoms with van der Waals surface area (Å²) >= 11 is 0. The van der Waals surface area contributed by atoms with Crippen molar-refractivity contribution >= 4 is 17.4 Å². The van der Waals surface area contributed by atoms with Crippen LogP contribution in [0.5, 0.6) is 0 Å². The predicted octanol–water partition coefficient (Wildman–Crippen LogP) is 2.32. The van der Waals surface area contributed by atoms with Crippen molar-refractivity contribution in [3.8, 4) is 0 Å². The Kier molecular flexibility index (Phi) is 5.38. The summed E-state index contributed by atoms with van der Waals surface area (Å²) in [6.45, 7) is 6.63. The lowest BCUT2D eigenvalue weighted by Crippen LogP contribution is -2.35. The molecule has 3 heterocycles. The van der Waals surface area contributed by atoms with Crippen molar-refractivity contribution in [3.05, 3.63) is 58.2 Å². The number of ketones is 1. The van der Waals surface area contributed by atoms with E-state index in [1.807, 2.05) is 39.8 Å². The van der Waals surface area contributed by atoms with Crippen LogP contribution in [0, 0.1) is 20.8 Å².